The van der Waals surface area contributed by atoms with E-state index in [4.69, 9.17) is 4.74 Å². The number of halogens is 1. The fraction of sp³-hybridized carbons (Fsp3) is 0.368. The number of benzene rings is 2. The number of unbranched alkanes of at least 4 members (excludes halogenated alkanes) is 1. The Balaban J connectivity index is 1.96. The van der Waals surface area contributed by atoms with E-state index in [2.05, 4.69) is 78.3 Å². The predicted molar refractivity (Wildman–Crippen MR) is 93.4 cm³/mol. The molecule has 0 aliphatic heterocycles. The minimum atomic E-state index is 0.336. The lowest BCUT2D eigenvalue weighted by molar-refractivity contribution is 0.309. The van der Waals surface area contributed by atoms with Crippen LogP contribution in [-0.4, -0.2) is 6.61 Å². The molecule has 0 fully saturated rings. The van der Waals surface area contributed by atoms with Gasteiger partial charge in [-0.15, -0.1) is 0 Å². The van der Waals surface area contributed by atoms with Crippen molar-refractivity contribution in [2.75, 3.05) is 6.61 Å². The number of hydrogen-bond acceptors (Lipinski definition) is 1. The van der Waals surface area contributed by atoms with Gasteiger partial charge in [-0.2, -0.15) is 0 Å². The van der Waals surface area contributed by atoms with E-state index in [1.807, 2.05) is 0 Å². The molecule has 0 N–H and O–H groups in total. The van der Waals surface area contributed by atoms with Gasteiger partial charge in [0.2, 0.25) is 0 Å². The lowest BCUT2D eigenvalue weighted by Gasteiger charge is -2.13. The normalized spacial score (nSPS) is 12.1. The Bertz CT molecular complexity index is 548. The molecule has 2 aromatic rings. The van der Waals surface area contributed by atoms with Crippen LogP contribution in [0.25, 0.3) is 0 Å². The Morgan fingerprint density at radius 1 is 1.05 bits per heavy atom. The van der Waals surface area contributed by atoms with E-state index in [-0.39, 0.29) is 0 Å². The summed E-state index contributed by atoms with van der Waals surface area (Å²) in [5, 5.41) is 0. The van der Waals surface area contributed by atoms with Crippen LogP contribution in [-0.2, 0) is 6.42 Å². The zero-order chi connectivity index (χ0) is 15.1. The maximum Gasteiger partial charge on any atom is 0.119 e. The van der Waals surface area contributed by atoms with Crippen LogP contribution < -0.4 is 4.74 Å². The number of alkyl halides is 1. The third kappa shape index (κ3) is 4.89. The number of aryl methyl sites for hydroxylation is 1. The summed E-state index contributed by atoms with van der Waals surface area (Å²) in [6.07, 6.45) is 3.27. The molecule has 0 radical (unpaired) electrons. The van der Waals surface area contributed by atoms with Crippen LogP contribution in [0.1, 0.15) is 41.3 Å². The summed E-state index contributed by atoms with van der Waals surface area (Å²) in [5.74, 6) is 0.961. The monoisotopic (exact) mass is 346 g/mol. The number of ether oxygens (including phenoxy) is 1. The van der Waals surface area contributed by atoms with Gasteiger partial charge in [-0.1, -0.05) is 65.7 Å². The molecular weight excluding hydrogens is 324 g/mol. The maximum atomic E-state index is 5.70. The molecule has 112 valence electrons. The molecule has 0 aliphatic carbocycles. The zero-order valence-electron chi connectivity index (χ0n) is 12.8. The number of hydrogen-bond donors (Lipinski definition) is 0. The lowest BCUT2D eigenvalue weighted by atomic mass is 10.0. The molecule has 0 spiro atoms. The highest BCUT2D eigenvalue weighted by Crippen LogP contribution is 2.29. The maximum absolute atomic E-state index is 5.70. The van der Waals surface area contributed by atoms with Crippen molar-refractivity contribution in [1.82, 2.24) is 0 Å². The highest BCUT2D eigenvalue weighted by Gasteiger charge is 2.10. The second kappa shape index (κ2) is 8.23. The van der Waals surface area contributed by atoms with Gasteiger partial charge in [0.15, 0.2) is 0 Å². The van der Waals surface area contributed by atoms with Crippen LogP contribution in [0.3, 0.4) is 0 Å². The molecule has 2 heteroatoms. The van der Waals surface area contributed by atoms with E-state index in [0.29, 0.717) is 4.83 Å². The van der Waals surface area contributed by atoms with E-state index >= 15 is 0 Å². The molecular formula is C19H23BrO. The van der Waals surface area contributed by atoms with Crippen molar-refractivity contribution < 1.29 is 4.74 Å². The average Bonchev–Trinajstić information content (AvgIpc) is 2.50. The fourth-order valence-electron chi connectivity index (χ4n) is 2.26. The second-order valence-corrected chi connectivity index (χ2v) is 6.47. The first-order valence-corrected chi connectivity index (χ1v) is 8.53. The van der Waals surface area contributed by atoms with Gasteiger partial charge in [0.25, 0.3) is 0 Å². The third-order valence-electron chi connectivity index (χ3n) is 3.67. The third-order valence-corrected chi connectivity index (χ3v) is 4.52. The van der Waals surface area contributed by atoms with Crippen molar-refractivity contribution in [3.05, 3.63) is 65.2 Å². The summed E-state index contributed by atoms with van der Waals surface area (Å²) in [7, 11) is 0. The van der Waals surface area contributed by atoms with E-state index < -0.39 is 0 Å². The van der Waals surface area contributed by atoms with Gasteiger partial charge >= 0.3 is 0 Å². The molecule has 21 heavy (non-hydrogen) atoms. The molecule has 0 amide bonds. The molecule has 2 rings (SSSR count). The Labute approximate surface area is 136 Å². The molecule has 0 aliphatic rings. The van der Waals surface area contributed by atoms with E-state index in [1.165, 1.54) is 16.7 Å². The van der Waals surface area contributed by atoms with Crippen LogP contribution in [0.5, 0.6) is 5.75 Å². The van der Waals surface area contributed by atoms with E-state index in [0.717, 1.165) is 31.6 Å². The first-order valence-electron chi connectivity index (χ1n) is 7.62. The SMILES string of the molecule is CCCCOc1ccc(C(Br)Cc2ccccc2C)cc1. The first-order chi connectivity index (χ1) is 10.2. The van der Waals surface area contributed by atoms with Crippen LogP contribution >= 0.6 is 15.9 Å². The van der Waals surface area contributed by atoms with Gasteiger partial charge in [-0.3, -0.25) is 0 Å². The molecule has 0 saturated carbocycles. The molecule has 1 atom stereocenters. The average molecular weight is 347 g/mol. The Morgan fingerprint density at radius 3 is 2.43 bits per heavy atom. The molecule has 0 aromatic heterocycles. The summed E-state index contributed by atoms with van der Waals surface area (Å²) < 4.78 is 5.70. The summed E-state index contributed by atoms with van der Waals surface area (Å²) in [6, 6.07) is 17.0. The van der Waals surface area contributed by atoms with Crippen LogP contribution in [0, 0.1) is 6.92 Å². The van der Waals surface area contributed by atoms with Gasteiger partial charge in [0, 0.05) is 4.83 Å². The van der Waals surface area contributed by atoms with Crippen molar-refractivity contribution in [2.24, 2.45) is 0 Å². The predicted octanol–water partition coefficient (Wildman–Crippen LogP) is 5.85. The van der Waals surface area contributed by atoms with Gasteiger partial charge < -0.3 is 4.74 Å². The topological polar surface area (TPSA) is 9.23 Å². The summed E-state index contributed by atoms with van der Waals surface area (Å²) in [6.45, 7) is 5.14. The highest BCUT2D eigenvalue weighted by molar-refractivity contribution is 9.09. The molecule has 0 bridgehead atoms. The van der Waals surface area contributed by atoms with Crippen LogP contribution in [0.4, 0.5) is 0 Å². The molecule has 1 unspecified atom stereocenters. The van der Waals surface area contributed by atoms with Crippen molar-refractivity contribution >= 4 is 15.9 Å². The molecule has 0 saturated heterocycles. The Kier molecular flexibility index (Phi) is 6.31. The molecule has 1 nitrogen and oxygen atoms in total. The first kappa shape index (κ1) is 16.1. The Morgan fingerprint density at radius 2 is 1.76 bits per heavy atom. The van der Waals surface area contributed by atoms with E-state index in [9.17, 15) is 0 Å². The zero-order valence-corrected chi connectivity index (χ0v) is 14.4. The summed E-state index contributed by atoms with van der Waals surface area (Å²) in [5.41, 5.74) is 4.03. The molecule has 0 heterocycles. The van der Waals surface area contributed by atoms with Crippen molar-refractivity contribution in [2.45, 2.75) is 37.9 Å². The second-order valence-electron chi connectivity index (χ2n) is 5.37. The van der Waals surface area contributed by atoms with Crippen LogP contribution in [0.15, 0.2) is 48.5 Å². The fourth-order valence-corrected chi connectivity index (χ4v) is 2.91. The lowest BCUT2D eigenvalue weighted by Crippen LogP contribution is -1.99. The van der Waals surface area contributed by atoms with Gasteiger partial charge in [0.1, 0.15) is 5.75 Å². The standard InChI is InChI=1S/C19H23BrO/c1-3-4-13-21-18-11-9-16(10-12-18)19(20)14-17-8-6-5-7-15(17)2/h5-12,19H,3-4,13-14H2,1-2H3. The van der Waals surface area contributed by atoms with Gasteiger partial charge in [-0.25, -0.2) is 0 Å². The van der Waals surface area contributed by atoms with Gasteiger partial charge in [0.05, 0.1) is 6.61 Å². The van der Waals surface area contributed by atoms with E-state index in [1.54, 1.807) is 0 Å². The van der Waals surface area contributed by atoms with Crippen molar-refractivity contribution in [1.29, 1.82) is 0 Å². The smallest absolute Gasteiger partial charge is 0.119 e. The molecule has 2 aromatic carbocycles. The van der Waals surface area contributed by atoms with Crippen molar-refractivity contribution in [3.8, 4) is 5.75 Å². The highest BCUT2D eigenvalue weighted by atomic mass is 79.9. The quantitative estimate of drug-likeness (QED) is 0.451. The summed E-state index contributed by atoms with van der Waals surface area (Å²) >= 11 is 3.80. The van der Waals surface area contributed by atoms with Crippen LogP contribution in [0.2, 0.25) is 0 Å². The minimum Gasteiger partial charge on any atom is -0.494 e. The largest absolute Gasteiger partial charge is 0.494 e. The Hall–Kier alpha value is -1.28. The number of rotatable bonds is 7. The van der Waals surface area contributed by atoms with Crippen molar-refractivity contribution in [3.63, 3.8) is 0 Å². The minimum absolute atomic E-state index is 0.336. The van der Waals surface area contributed by atoms with Gasteiger partial charge in [-0.05, 0) is 48.6 Å². The summed E-state index contributed by atoms with van der Waals surface area (Å²) in [4.78, 5) is 0.336.